The lowest BCUT2D eigenvalue weighted by atomic mass is 9.95. The number of nitrogens with one attached hydrogen (secondary N) is 1. The van der Waals surface area contributed by atoms with E-state index in [-0.39, 0.29) is 5.91 Å². The Bertz CT molecular complexity index is 605. The van der Waals surface area contributed by atoms with Crippen LogP contribution in [-0.2, 0) is 0 Å². The zero-order valence-corrected chi connectivity index (χ0v) is 12.1. The van der Waals surface area contributed by atoms with E-state index < -0.39 is 0 Å². The van der Waals surface area contributed by atoms with Crippen molar-refractivity contribution >= 4 is 39.9 Å². The molecule has 1 amide bonds. The van der Waals surface area contributed by atoms with Crippen molar-refractivity contribution in [2.24, 2.45) is 0 Å². The average Bonchev–Trinajstić information content (AvgIpc) is 2.82. The van der Waals surface area contributed by atoms with Crippen molar-refractivity contribution in [1.29, 1.82) is 0 Å². The zero-order valence-electron chi connectivity index (χ0n) is 10.5. The number of carbonyl (C=O) groups excluding carboxylic acids is 1. The van der Waals surface area contributed by atoms with Gasteiger partial charge in [-0.2, -0.15) is 4.37 Å². The van der Waals surface area contributed by atoms with Crippen LogP contribution in [0.15, 0.2) is 18.2 Å². The fourth-order valence-electron chi connectivity index (χ4n) is 2.58. The SMILES string of the molecule is O=C(NC1CCCCC1)c1snc2ccc(Cl)cc12. The fourth-order valence-corrected chi connectivity index (χ4v) is 3.50. The molecule has 1 aromatic heterocycles. The molecule has 0 unspecified atom stereocenters. The molecule has 0 aliphatic heterocycles. The molecule has 19 heavy (non-hydrogen) atoms. The Kier molecular flexibility index (Phi) is 3.71. The van der Waals surface area contributed by atoms with Crippen LogP contribution in [0, 0.1) is 0 Å². The summed E-state index contributed by atoms with van der Waals surface area (Å²) >= 11 is 7.24. The molecule has 1 aliphatic rings. The van der Waals surface area contributed by atoms with Crippen LogP contribution in [-0.4, -0.2) is 16.3 Å². The van der Waals surface area contributed by atoms with E-state index in [1.54, 1.807) is 6.07 Å². The van der Waals surface area contributed by atoms with Gasteiger partial charge in [-0.1, -0.05) is 30.9 Å². The minimum Gasteiger partial charge on any atom is -0.349 e. The predicted molar refractivity (Wildman–Crippen MR) is 79.0 cm³/mol. The second-order valence-electron chi connectivity index (χ2n) is 4.98. The summed E-state index contributed by atoms with van der Waals surface area (Å²) < 4.78 is 4.30. The lowest BCUT2D eigenvalue weighted by Crippen LogP contribution is -2.35. The highest BCUT2D eigenvalue weighted by molar-refractivity contribution is 7.09. The van der Waals surface area contributed by atoms with Crippen molar-refractivity contribution in [3.05, 3.63) is 28.1 Å². The van der Waals surface area contributed by atoms with Gasteiger partial charge in [0.05, 0.1) is 5.52 Å². The molecule has 1 heterocycles. The maximum absolute atomic E-state index is 12.3. The summed E-state index contributed by atoms with van der Waals surface area (Å²) in [7, 11) is 0. The van der Waals surface area contributed by atoms with Gasteiger partial charge < -0.3 is 5.32 Å². The van der Waals surface area contributed by atoms with Gasteiger partial charge in [0.15, 0.2) is 0 Å². The summed E-state index contributed by atoms with van der Waals surface area (Å²) in [4.78, 5) is 13.0. The van der Waals surface area contributed by atoms with Gasteiger partial charge in [0.25, 0.3) is 5.91 Å². The van der Waals surface area contributed by atoms with Crippen molar-refractivity contribution < 1.29 is 4.79 Å². The summed E-state index contributed by atoms with van der Waals surface area (Å²) in [6.07, 6.45) is 5.87. The van der Waals surface area contributed by atoms with Crippen LogP contribution in [0.1, 0.15) is 41.8 Å². The molecule has 3 nitrogen and oxygen atoms in total. The molecular formula is C14H15ClN2OS. The van der Waals surface area contributed by atoms with Gasteiger partial charge >= 0.3 is 0 Å². The van der Waals surface area contributed by atoms with Crippen LogP contribution >= 0.6 is 23.1 Å². The molecule has 1 aromatic carbocycles. The number of fused-ring (bicyclic) bond motifs is 1. The van der Waals surface area contributed by atoms with Gasteiger partial charge in [-0.05, 0) is 42.6 Å². The van der Waals surface area contributed by atoms with E-state index in [4.69, 9.17) is 11.6 Å². The van der Waals surface area contributed by atoms with Crippen LogP contribution in [0.4, 0.5) is 0 Å². The fraction of sp³-hybridized carbons (Fsp3) is 0.429. The molecule has 100 valence electrons. The molecule has 0 bridgehead atoms. The summed E-state index contributed by atoms with van der Waals surface area (Å²) in [6.45, 7) is 0. The molecule has 1 N–H and O–H groups in total. The van der Waals surface area contributed by atoms with E-state index in [1.807, 2.05) is 12.1 Å². The standard InChI is InChI=1S/C14H15ClN2OS/c15-9-6-7-12-11(8-9)13(19-17-12)14(18)16-10-4-2-1-3-5-10/h6-8,10H,1-5H2,(H,16,18). The first kappa shape index (κ1) is 12.9. The van der Waals surface area contributed by atoms with E-state index in [0.717, 1.165) is 23.7 Å². The minimum absolute atomic E-state index is 0.0123. The number of nitrogens with zero attached hydrogens (tertiary/aromatic N) is 1. The quantitative estimate of drug-likeness (QED) is 0.909. The highest BCUT2D eigenvalue weighted by Gasteiger charge is 2.19. The first-order valence-electron chi connectivity index (χ1n) is 6.60. The number of hydrogen-bond donors (Lipinski definition) is 1. The second-order valence-corrected chi connectivity index (χ2v) is 6.19. The molecule has 1 saturated carbocycles. The van der Waals surface area contributed by atoms with E-state index in [2.05, 4.69) is 9.69 Å². The molecule has 1 aliphatic carbocycles. The van der Waals surface area contributed by atoms with Crippen molar-refractivity contribution in [2.75, 3.05) is 0 Å². The van der Waals surface area contributed by atoms with Crippen LogP contribution in [0.3, 0.4) is 0 Å². The van der Waals surface area contributed by atoms with Gasteiger partial charge in [0.1, 0.15) is 4.88 Å². The summed E-state index contributed by atoms with van der Waals surface area (Å²) in [5.41, 5.74) is 0.836. The third-order valence-corrected chi connectivity index (χ3v) is 4.70. The molecule has 0 radical (unpaired) electrons. The number of benzene rings is 1. The van der Waals surface area contributed by atoms with Gasteiger partial charge in [-0.25, -0.2) is 0 Å². The third-order valence-electron chi connectivity index (χ3n) is 3.59. The van der Waals surface area contributed by atoms with E-state index in [0.29, 0.717) is 15.9 Å². The normalized spacial score (nSPS) is 16.7. The first-order valence-corrected chi connectivity index (χ1v) is 7.75. The largest absolute Gasteiger partial charge is 0.349 e. The molecule has 3 rings (SSSR count). The number of halogens is 1. The Morgan fingerprint density at radius 2 is 2.11 bits per heavy atom. The Morgan fingerprint density at radius 3 is 2.89 bits per heavy atom. The number of carbonyl (C=O) groups is 1. The van der Waals surface area contributed by atoms with Gasteiger partial charge in [0, 0.05) is 16.5 Å². The monoisotopic (exact) mass is 294 g/mol. The number of hydrogen-bond acceptors (Lipinski definition) is 3. The van der Waals surface area contributed by atoms with Crippen molar-refractivity contribution in [1.82, 2.24) is 9.69 Å². The molecular weight excluding hydrogens is 280 g/mol. The van der Waals surface area contributed by atoms with Gasteiger partial charge in [0.2, 0.25) is 0 Å². The van der Waals surface area contributed by atoms with Crippen molar-refractivity contribution in [2.45, 2.75) is 38.1 Å². The lowest BCUT2D eigenvalue weighted by Gasteiger charge is -2.22. The summed E-state index contributed by atoms with van der Waals surface area (Å²) in [5.74, 6) is -0.0123. The van der Waals surface area contributed by atoms with E-state index in [1.165, 1.54) is 30.8 Å². The highest BCUT2D eigenvalue weighted by atomic mass is 35.5. The third kappa shape index (κ3) is 2.74. The van der Waals surface area contributed by atoms with Gasteiger partial charge in [-0.3, -0.25) is 4.79 Å². The van der Waals surface area contributed by atoms with Crippen molar-refractivity contribution in [3.63, 3.8) is 0 Å². The van der Waals surface area contributed by atoms with Crippen LogP contribution in [0.5, 0.6) is 0 Å². The number of aromatic nitrogens is 1. The zero-order chi connectivity index (χ0) is 13.2. The van der Waals surface area contributed by atoms with Crippen LogP contribution in [0.25, 0.3) is 10.9 Å². The summed E-state index contributed by atoms with van der Waals surface area (Å²) in [5, 5.41) is 4.61. The summed E-state index contributed by atoms with van der Waals surface area (Å²) in [6, 6.07) is 5.78. The highest BCUT2D eigenvalue weighted by Crippen LogP contribution is 2.26. The van der Waals surface area contributed by atoms with E-state index in [9.17, 15) is 4.79 Å². The Balaban J connectivity index is 1.82. The first-order chi connectivity index (χ1) is 9.24. The topological polar surface area (TPSA) is 42.0 Å². The Morgan fingerprint density at radius 1 is 1.32 bits per heavy atom. The van der Waals surface area contributed by atoms with Crippen LogP contribution < -0.4 is 5.32 Å². The molecule has 0 spiro atoms. The molecule has 0 atom stereocenters. The van der Waals surface area contributed by atoms with Crippen molar-refractivity contribution in [3.8, 4) is 0 Å². The molecule has 5 heteroatoms. The predicted octanol–water partition coefficient (Wildman–Crippen LogP) is 4.01. The minimum atomic E-state index is -0.0123. The molecule has 2 aromatic rings. The number of amides is 1. The Labute approximate surface area is 121 Å². The maximum atomic E-state index is 12.3. The average molecular weight is 295 g/mol. The smallest absolute Gasteiger partial charge is 0.263 e. The molecule has 1 fully saturated rings. The number of rotatable bonds is 2. The maximum Gasteiger partial charge on any atom is 0.263 e. The molecule has 0 saturated heterocycles. The lowest BCUT2D eigenvalue weighted by molar-refractivity contribution is 0.0933. The van der Waals surface area contributed by atoms with Crippen LogP contribution in [0.2, 0.25) is 5.02 Å². The van der Waals surface area contributed by atoms with Gasteiger partial charge in [-0.15, -0.1) is 0 Å². The van der Waals surface area contributed by atoms with E-state index >= 15 is 0 Å². The Hall–Kier alpha value is -1.13. The second kappa shape index (κ2) is 5.47.